The van der Waals surface area contributed by atoms with E-state index in [1.54, 1.807) is 0 Å². The second kappa shape index (κ2) is 5.57. The average molecular weight is 277 g/mol. The smallest absolute Gasteiger partial charge is 0.310 e. The lowest BCUT2D eigenvalue weighted by Gasteiger charge is -2.35. The van der Waals surface area contributed by atoms with Gasteiger partial charge in [0, 0.05) is 12.6 Å². The van der Waals surface area contributed by atoms with Crippen molar-refractivity contribution in [2.24, 2.45) is 5.41 Å². The van der Waals surface area contributed by atoms with Gasteiger partial charge in [-0.25, -0.2) is 8.42 Å². The van der Waals surface area contributed by atoms with Crippen LogP contribution in [0.2, 0.25) is 0 Å². The predicted octanol–water partition coefficient (Wildman–Crippen LogP) is 1.69. The van der Waals surface area contributed by atoms with Gasteiger partial charge in [0.1, 0.15) is 0 Å². The maximum atomic E-state index is 12.3. The number of rotatable bonds is 5. The molecule has 1 saturated heterocycles. The molecule has 0 saturated carbocycles. The van der Waals surface area contributed by atoms with Crippen LogP contribution >= 0.6 is 0 Å². The van der Waals surface area contributed by atoms with Gasteiger partial charge in [-0.05, 0) is 33.1 Å². The van der Waals surface area contributed by atoms with Crippen LogP contribution in [0.1, 0.15) is 46.5 Å². The van der Waals surface area contributed by atoms with Crippen LogP contribution in [0.3, 0.4) is 0 Å². The minimum Gasteiger partial charge on any atom is -0.481 e. The molecule has 0 aliphatic carbocycles. The molecule has 1 atom stereocenters. The summed E-state index contributed by atoms with van der Waals surface area (Å²) in [5.74, 6) is -1.40. The molecule has 1 rings (SSSR count). The van der Waals surface area contributed by atoms with E-state index in [4.69, 9.17) is 5.11 Å². The number of hydrogen-bond acceptors (Lipinski definition) is 3. The topological polar surface area (TPSA) is 74.7 Å². The molecular formula is C12H23NO4S. The second-order valence-electron chi connectivity index (χ2n) is 5.61. The van der Waals surface area contributed by atoms with Crippen molar-refractivity contribution in [1.82, 2.24) is 4.31 Å². The van der Waals surface area contributed by atoms with E-state index in [0.29, 0.717) is 6.54 Å². The Morgan fingerprint density at radius 1 is 1.39 bits per heavy atom. The molecule has 106 valence electrons. The van der Waals surface area contributed by atoms with E-state index in [-0.39, 0.29) is 11.8 Å². The van der Waals surface area contributed by atoms with Gasteiger partial charge >= 0.3 is 5.97 Å². The van der Waals surface area contributed by atoms with Crippen LogP contribution in [-0.2, 0) is 14.8 Å². The lowest BCUT2D eigenvalue weighted by Crippen LogP contribution is -2.47. The number of carboxylic acids is 1. The third-order valence-corrected chi connectivity index (χ3v) is 5.81. The van der Waals surface area contributed by atoms with Gasteiger partial charge in [-0.15, -0.1) is 0 Å². The van der Waals surface area contributed by atoms with Gasteiger partial charge in [0.2, 0.25) is 10.0 Å². The average Bonchev–Trinajstić information content (AvgIpc) is 2.27. The molecule has 0 aromatic rings. The van der Waals surface area contributed by atoms with E-state index in [0.717, 1.165) is 25.7 Å². The summed E-state index contributed by atoms with van der Waals surface area (Å²) < 4.78 is 26.2. The number of carbonyl (C=O) groups is 1. The summed E-state index contributed by atoms with van der Waals surface area (Å²) in [5.41, 5.74) is -1.24. The van der Waals surface area contributed by atoms with Crippen molar-refractivity contribution in [3.05, 3.63) is 0 Å². The SMILES string of the molecule is CCC1CCCCN1S(=O)(=O)CC(C)(C)C(=O)O. The van der Waals surface area contributed by atoms with Crippen molar-refractivity contribution < 1.29 is 18.3 Å². The van der Waals surface area contributed by atoms with E-state index in [2.05, 4.69) is 0 Å². The van der Waals surface area contributed by atoms with Gasteiger partial charge in [0.05, 0.1) is 11.2 Å². The van der Waals surface area contributed by atoms with Crippen molar-refractivity contribution in [3.63, 3.8) is 0 Å². The number of nitrogens with zero attached hydrogens (tertiary/aromatic N) is 1. The first kappa shape index (κ1) is 15.4. The Morgan fingerprint density at radius 2 is 2.00 bits per heavy atom. The maximum Gasteiger partial charge on any atom is 0.310 e. The van der Waals surface area contributed by atoms with Crippen LogP contribution in [0, 0.1) is 5.41 Å². The first-order valence-electron chi connectivity index (χ1n) is 6.43. The van der Waals surface area contributed by atoms with E-state index in [1.165, 1.54) is 18.2 Å². The Balaban J connectivity index is 2.88. The fraction of sp³-hybridized carbons (Fsp3) is 0.917. The lowest BCUT2D eigenvalue weighted by atomic mass is 9.97. The molecule has 6 heteroatoms. The van der Waals surface area contributed by atoms with E-state index >= 15 is 0 Å². The van der Waals surface area contributed by atoms with Gasteiger partial charge in [-0.1, -0.05) is 13.3 Å². The summed E-state index contributed by atoms with van der Waals surface area (Å²) in [6, 6.07) is 0.0355. The molecule has 1 N–H and O–H groups in total. The zero-order valence-electron chi connectivity index (χ0n) is 11.3. The maximum absolute atomic E-state index is 12.3. The fourth-order valence-electron chi connectivity index (χ4n) is 2.35. The lowest BCUT2D eigenvalue weighted by molar-refractivity contribution is -0.145. The molecule has 1 fully saturated rings. The van der Waals surface area contributed by atoms with Gasteiger partial charge in [-0.2, -0.15) is 4.31 Å². The van der Waals surface area contributed by atoms with Gasteiger partial charge < -0.3 is 5.11 Å². The molecule has 5 nitrogen and oxygen atoms in total. The van der Waals surface area contributed by atoms with Crippen LogP contribution in [0.5, 0.6) is 0 Å². The standard InChI is InChI=1S/C12H23NO4S/c1-4-10-7-5-6-8-13(10)18(16,17)9-12(2,3)11(14)15/h10H,4-9H2,1-3H3,(H,14,15). The van der Waals surface area contributed by atoms with Crippen LogP contribution in [0.25, 0.3) is 0 Å². The zero-order chi connectivity index (χ0) is 14.0. The molecule has 1 unspecified atom stereocenters. The van der Waals surface area contributed by atoms with Crippen molar-refractivity contribution in [1.29, 1.82) is 0 Å². The fourth-order valence-corrected chi connectivity index (χ4v) is 4.67. The van der Waals surface area contributed by atoms with E-state index in [1.807, 2.05) is 6.92 Å². The first-order chi connectivity index (χ1) is 8.20. The number of hydrogen-bond donors (Lipinski definition) is 1. The van der Waals surface area contributed by atoms with Crippen molar-refractivity contribution in [3.8, 4) is 0 Å². The Morgan fingerprint density at radius 3 is 2.50 bits per heavy atom. The molecule has 0 radical (unpaired) electrons. The highest BCUT2D eigenvalue weighted by Gasteiger charge is 2.39. The Hall–Kier alpha value is -0.620. The second-order valence-corrected chi connectivity index (χ2v) is 7.54. The van der Waals surface area contributed by atoms with Crippen molar-refractivity contribution in [2.45, 2.75) is 52.5 Å². The highest BCUT2D eigenvalue weighted by atomic mass is 32.2. The van der Waals surface area contributed by atoms with Gasteiger partial charge in [0.15, 0.2) is 0 Å². The first-order valence-corrected chi connectivity index (χ1v) is 8.04. The third kappa shape index (κ3) is 3.45. The number of carboxylic acid groups (broad SMARTS) is 1. The monoisotopic (exact) mass is 277 g/mol. The van der Waals surface area contributed by atoms with Crippen LogP contribution in [0.4, 0.5) is 0 Å². The molecule has 0 aromatic carbocycles. The summed E-state index contributed by atoms with van der Waals surface area (Å²) in [7, 11) is -3.49. The predicted molar refractivity (Wildman–Crippen MR) is 69.8 cm³/mol. The molecule has 18 heavy (non-hydrogen) atoms. The molecule has 0 aromatic heterocycles. The molecule has 1 aliphatic heterocycles. The normalized spacial score (nSPS) is 22.9. The summed E-state index contributed by atoms with van der Waals surface area (Å²) in [6.45, 7) is 5.41. The van der Waals surface area contributed by atoms with Crippen LogP contribution in [0.15, 0.2) is 0 Å². The Bertz CT molecular complexity index is 402. The van der Waals surface area contributed by atoms with Gasteiger partial charge in [-0.3, -0.25) is 4.79 Å². The molecule has 0 spiro atoms. The van der Waals surface area contributed by atoms with E-state index < -0.39 is 21.4 Å². The minimum absolute atomic E-state index is 0.0355. The molecule has 0 amide bonds. The number of aliphatic carboxylic acids is 1. The summed E-state index contributed by atoms with van der Waals surface area (Å²) >= 11 is 0. The molecular weight excluding hydrogens is 254 g/mol. The number of piperidine rings is 1. The largest absolute Gasteiger partial charge is 0.481 e. The van der Waals surface area contributed by atoms with Gasteiger partial charge in [0.25, 0.3) is 0 Å². The number of sulfonamides is 1. The minimum atomic E-state index is -3.49. The highest BCUT2D eigenvalue weighted by molar-refractivity contribution is 7.89. The molecule has 1 aliphatic rings. The summed E-state index contributed by atoms with van der Waals surface area (Å²) in [5, 5.41) is 9.04. The summed E-state index contributed by atoms with van der Waals surface area (Å²) in [6.07, 6.45) is 3.58. The van der Waals surface area contributed by atoms with Crippen molar-refractivity contribution >= 4 is 16.0 Å². The Labute approximate surface area is 109 Å². The summed E-state index contributed by atoms with van der Waals surface area (Å²) in [4.78, 5) is 11.0. The quantitative estimate of drug-likeness (QED) is 0.830. The molecule has 0 bridgehead atoms. The van der Waals surface area contributed by atoms with Crippen LogP contribution in [-0.4, -0.2) is 42.1 Å². The van der Waals surface area contributed by atoms with Crippen molar-refractivity contribution in [2.75, 3.05) is 12.3 Å². The molecule has 1 heterocycles. The van der Waals surface area contributed by atoms with E-state index in [9.17, 15) is 13.2 Å². The third-order valence-electron chi connectivity index (χ3n) is 3.52. The Kier molecular flexibility index (Phi) is 4.78. The zero-order valence-corrected chi connectivity index (χ0v) is 12.2. The van der Waals surface area contributed by atoms with Crippen LogP contribution < -0.4 is 0 Å². The highest BCUT2D eigenvalue weighted by Crippen LogP contribution is 2.27.